The Kier molecular flexibility index (Phi) is 5.47. The number of nitrogens with zero attached hydrogens (tertiary/aromatic N) is 1. The van der Waals surface area contributed by atoms with Crippen LogP contribution < -0.4 is 0 Å². The Morgan fingerprint density at radius 3 is 2.43 bits per heavy atom. The molecular formula is C7H12F3NO3. The molecule has 0 aromatic heterocycles. The molecule has 0 aliphatic carbocycles. The SMILES string of the molecule is COCCN(CC(=O)O)CC(F)(F)F. The van der Waals surface area contributed by atoms with Gasteiger partial charge < -0.3 is 9.84 Å². The third-order valence-electron chi connectivity index (χ3n) is 1.37. The number of aliphatic carboxylic acids is 1. The fourth-order valence-corrected chi connectivity index (χ4v) is 0.879. The molecule has 0 aliphatic heterocycles. The van der Waals surface area contributed by atoms with Crippen molar-refractivity contribution in [1.82, 2.24) is 4.90 Å². The number of carboxylic acids is 1. The van der Waals surface area contributed by atoms with Crippen molar-refractivity contribution in [3.8, 4) is 0 Å². The van der Waals surface area contributed by atoms with Gasteiger partial charge in [-0.15, -0.1) is 0 Å². The van der Waals surface area contributed by atoms with Gasteiger partial charge in [0, 0.05) is 13.7 Å². The van der Waals surface area contributed by atoms with Crippen molar-refractivity contribution in [2.45, 2.75) is 6.18 Å². The van der Waals surface area contributed by atoms with Crippen LogP contribution >= 0.6 is 0 Å². The van der Waals surface area contributed by atoms with Crippen LogP contribution in [0.15, 0.2) is 0 Å². The summed E-state index contributed by atoms with van der Waals surface area (Å²) >= 11 is 0. The molecule has 0 bridgehead atoms. The van der Waals surface area contributed by atoms with Crippen LogP contribution in [0.2, 0.25) is 0 Å². The van der Waals surface area contributed by atoms with Crippen LogP contribution in [0.5, 0.6) is 0 Å². The van der Waals surface area contributed by atoms with Gasteiger partial charge in [-0.3, -0.25) is 9.69 Å². The molecule has 0 spiro atoms. The van der Waals surface area contributed by atoms with Gasteiger partial charge in [0.05, 0.1) is 19.7 Å². The molecule has 0 saturated heterocycles. The Morgan fingerprint density at radius 2 is 2.07 bits per heavy atom. The summed E-state index contributed by atoms with van der Waals surface area (Å²) in [5, 5.41) is 8.33. The van der Waals surface area contributed by atoms with Crippen molar-refractivity contribution < 1.29 is 27.8 Å². The predicted octanol–water partition coefficient (Wildman–Crippen LogP) is 0.582. The second-order valence-electron chi connectivity index (χ2n) is 2.71. The highest BCUT2D eigenvalue weighted by Crippen LogP contribution is 2.15. The van der Waals surface area contributed by atoms with Crippen molar-refractivity contribution in [2.75, 3.05) is 33.4 Å². The van der Waals surface area contributed by atoms with Gasteiger partial charge in [0.25, 0.3) is 0 Å². The average Bonchev–Trinajstić information content (AvgIpc) is 1.96. The number of carbonyl (C=O) groups is 1. The smallest absolute Gasteiger partial charge is 0.401 e. The van der Waals surface area contributed by atoms with Crippen LogP contribution in [0.1, 0.15) is 0 Å². The van der Waals surface area contributed by atoms with E-state index in [1.54, 1.807) is 0 Å². The van der Waals surface area contributed by atoms with E-state index in [9.17, 15) is 18.0 Å². The highest BCUT2D eigenvalue weighted by molar-refractivity contribution is 5.69. The average molecular weight is 215 g/mol. The molecule has 0 amide bonds. The fourth-order valence-electron chi connectivity index (χ4n) is 0.879. The van der Waals surface area contributed by atoms with Gasteiger partial charge in [-0.05, 0) is 0 Å². The minimum atomic E-state index is -4.39. The van der Waals surface area contributed by atoms with Crippen LogP contribution in [0.25, 0.3) is 0 Å². The lowest BCUT2D eigenvalue weighted by Gasteiger charge is -2.20. The largest absolute Gasteiger partial charge is 0.480 e. The standard InChI is InChI=1S/C7H12F3NO3/c1-14-3-2-11(4-6(12)13)5-7(8,9)10/h2-5H2,1H3,(H,12,13). The van der Waals surface area contributed by atoms with Crippen LogP contribution in [0, 0.1) is 0 Å². The van der Waals surface area contributed by atoms with Crippen molar-refractivity contribution >= 4 is 5.97 Å². The summed E-state index contributed by atoms with van der Waals surface area (Å²) in [7, 11) is 1.34. The van der Waals surface area contributed by atoms with Crippen LogP contribution in [0.3, 0.4) is 0 Å². The summed E-state index contributed by atoms with van der Waals surface area (Å²) < 4.78 is 40.3. The number of rotatable bonds is 6. The Morgan fingerprint density at radius 1 is 1.50 bits per heavy atom. The Hall–Kier alpha value is -0.820. The topological polar surface area (TPSA) is 49.8 Å². The summed E-state index contributed by atoms with van der Waals surface area (Å²) in [6.45, 7) is -1.85. The van der Waals surface area contributed by atoms with Gasteiger partial charge >= 0.3 is 12.1 Å². The van der Waals surface area contributed by atoms with Crippen LogP contribution in [-0.4, -0.2) is 55.5 Å². The number of hydrogen-bond donors (Lipinski definition) is 1. The van der Waals surface area contributed by atoms with E-state index in [1.807, 2.05) is 0 Å². The highest BCUT2D eigenvalue weighted by atomic mass is 19.4. The van der Waals surface area contributed by atoms with Crippen molar-refractivity contribution in [3.63, 3.8) is 0 Å². The van der Waals surface area contributed by atoms with Crippen LogP contribution in [0.4, 0.5) is 13.2 Å². The molecule has 0 aromatic carbocycles. The minimum Gasteiger partial charge on any atom is -0.480 e. The first-order valence-corrected chi connectivity index (χ1v) is 3.85. The van der Waals surface area contributed by atoms with E-state index in [0.717, 1.165) is 4.90 Å². The Balaban J connectivity index is 4.03. The van der Waals surface area contributed by atoms with Gasteiger partial charge in [-0.25, -0.2) is 0 Å². The first-order valence-electron chi connectivity index (χ1n) is 3.85. The summed E-state index contributed by atoms with van der Waals surface area (Å²) in [4.78, 5) is 11.0. The third-order valence-corrected chi connectivity index (χ3v) is 1.37. The maximum atomic E-state index is 11.9. The molecule has 0 atom stereocenters. The zero-order valence-corrected chi connectivity index (χ0v) is 7.67. The Labute approximate surface area is 79.3 Å². The van der Waals surface area contributed by atoms with Gasteiger partial charge in [-0.1, -0.05) is 0 Å². The molecule has 14 heavy (non-hydrogen) atoms. The summed E-state index contributed by atoms with van der Waals surface area (Å²) in [5.74, 6) is -1.29. The molecule has 0 fully saturated rings. The van der Waals surface area contributed by atoms with E-state index in [-0.39, 0.29) is 13.2 Å². The third kappa shape index (κ3) is 7.81. The first kappa shape index (κ1) is 13.2. The van der Waals surface area contributed by atoms with Gasteiger partial charge in [0.15, 0.2) is 0 Å². The van der Waals surface area contributed by atoms with Crippen molar-refractivity contribution in [1.29, 1.82) is 0 Å². The maximum absolute atomic E-state index is 11.9. The van der Waals surface area contributed by atoms with Gasteiger partial charge in [0.1, 0.15) is 0 Å². The van der Waals surface area contributed by atoms with E-state index in [4.69, 9.17) is 5.11 Å². The van der Waals surface area contributed by atoms with E-state index >= 15 is 0 Å². The molecule has 7 heteroatoms. The highest BCUT2D eigenvalue weighted by Gasteiger charge is 2.31. The lowest BCUT2D eigenvalue weighted by molar-refractivity contribution is -0.154. The maximum Gasteiger partial charge on any atom is 0.401 e. The lowest BCUT2D eigenvalue weighted by Crippen LogP contribution is -2.39. The minimum absolute atomic E-state index is 0.0533. The molecule has 0 radical (unpaired) electrons. The Bertz CT molecular complexity index is 184. The second-order valence-corrected chi connectivity index (χ2v) is 2.71. The quantitative estimate of drug-likeness (QED) is 0.704. The molecule has 1 N–H and O–H groups in total. The van der Waals surface area contributed by atoms with E-state index in [0.29, 0.717) is 0 Å². The molecule has 0 saturated carbocycles. The molecular weight excluding hydrogens is 203 g/mol. The molecule has 0 rings (SSSR count). The molecule has 0 aromatic rings. The van der Waals surface area contributed by atoms with E-state index in [1.165, 1.54) is 7.11 Å². The predicted molar refractivity (Wildman–Crippen MR) is 42.0 cm³/mol. The van der Waals surface area contributed by atoms with Crippen molar-refractivity contribution in [3.05, 3.63) is 0 Å². The zero-order chi connectivity index (χ0) is 11.2. The number of carboxylic acid groups (broad SMARTS) is 1. The number of halogens is 3. The molecule has 0 aliphatic rings. The first-order chi connectivity index (χ1) is 6.35. The molecule has 84 valence electrons. The van der Waals surface area contributed by atoms with E-state index < -0.39 is 25.2 Å². The summed E-state index contributed by atoms with van der Waals surface area (Å²) in [6, 6.07) is 0. The van der Waals surface area contributed by atoms with Gasteiger partial charge in [0.2, 0.25) is 0 Å². The van der Waals surface area contributed by atoms with Crippen LogP contribution in [-0.2, 0) is 9.53 Å². The number of hydrogen-bond acceptors (Lipinski definition) is 3. The molecule has 4 nitrogen and oxygen atoms in total. The lowest BCUT2D eigenvalue weighted by atomic mass is 10.4. The molecule has 0 unspecified atom stereocenters. The second kappa shape index (κ2) is 5.82. The fraction of sp³-hybridized carbons (Fsp3) is 0.857. The van der Waals surface area contributed by atoms with Gasteiger partial charge in [-0.2, -0.15) is 13.2 Å². The monoisotopic (exact) mass is 215 g/mol. The normalized spacial score (nSPS) is 12.1. The number of ether oxygens (including phenoxy) is 1. The number of alkyl halides is 3. The van der Waals surface area contributed by atoms with E-state index in [2.05, 4.69) is 4.74 Å². The molecule has 0 heterocycles. The number of methoxy groups -OCH3 is 1. The summed E-state index contributed by atoms with van der Waals surface area (Å²) in [6.07, 6.45) is -4.39. The van der Waals surface area contributed by atoms with Crippen molar-refractivity contribution in [2.24, 2.45) is 0 Å². The zero-order valence-electron chi connectivity index (χ0n) is 7.67. The summed E-state index contributed by atoms with van der Waals surface area (Å²) in [5.41, 5.74) is 0.